The fourth-order valence-corrected chi connectivity index (χ4v) is 1.02. The first-order chi connectivity index (χ1) is 6.36. The van der Waals surface area contributed by atoms with E-state index in [-0.39, 0.29) is 6.01 Å². The van der Waals surface area contributed by atoms with Crippen molar-refractivity contribution < 1.29 is 5.11 Å². The van der Waals surface area contributed by atoms with E-state index in [1.807, 2.05) is 12.1 Å². The van der Waals surface area contributed by atoms with Crippen LogP contribution in [0, 0.1) is 0 Å². The lowest BCUT2D eigenvalue weighted by Crippen LogP contribution is -1.85. The SMILES string of the molecule is Oc1nccc(-c2cccnc2)n1. The van der Waals surface area contributed by atoms with Crippen molar-refractivity contribution in [3.8, 4) is 17.3 Å². The number of nitrogens with zero attached hydrogens (tertiary/aromatic N) is 3. The maximum absolute atomic E-state index is 9.03. The highest BCUT2D eigenvalue weighted by atomic mass is 16.3. The number of hydrogen-bond donors (Lipinski definition) is 1. The van der Waals surface area contributed by atoms with Crippen molar-refractivity contribution in [2.24, 2.45) is 0 Å². The van der Waals surface area contributed by atoms with Crippen LogP contribution in [0.15, 0.2) is 36.8 Å². The van der Waals surface area contributed by atoms with E-state index < -0.39 is 0 Å². The smallest absolute Gasteiger partial charge is 0.314 e. The van der Waals surface area contributed by atoms with Gasteiger partial charge in [-0.2, -0.15) is 4.98 Å². The van der Waals surface area contributed by atoms with Crippen molar-refractivity contribution in [3.63, 3.8) is 0 Å². The van der Waals surface area contributed by atoms with E-state index >= 15 is 0 Å². The number of rotatable bonds is 1. The lowest BCUT2D eigenvalue weighted by molar-refractivity contribution is 0.431. The average molecular weight is 173 g/mol. The molecule has 0 fully saturated rings. The molecule has 0 aliphatic carbocycles. The molecule has 0 atom stereocenters. The molecule has 0 aromatic carbocycles. The summed E-state index contributed by atoms with van der Waals surface area (Å²) in [7, 11) is 0. The molecule has 0 aliphatic rings. The Morgan fingerprint density at radius 3 is 2.77 bits per heavy atom. The van der Waals surface area contributed by atoms with Crippen molar-refractivity contribution in [2.45, 2.75) is 0 Å². The highest BCUT2D eigenvalue weighted by Crippen LogP contribution is 2.15. The zero-order chi connectivity index (χ0) is 9.10. The minimum Gasteiger partial charge on any atom is -0.479 e. The molecule has 4 nitrogen and oxygen atoms in total. The summed E-state index contributed by atoms with van der Waals surface area (Å²) < 4.78 is 0. The van der Waals surface area contributed by atoms with E-state index in [0.717, 1.165) is 5.56 Å². The minimum absolute atomic E-state index is 0.221. The second kappa shape index (κ2) is 3.18. The predicted molar refractivity (Wildman–Crippen MR) is 46.9 cm³/mol. The maximum Gasteiger partial charge on any atom is 0.314 e. The molecular formula is C9H7N3O. The molecule has 0 saturated carbocycles. The standard InChI is InChI=1S/C9H7N3O/c13-9-11-5-3-8(12-9)7-2-1-4-10-6-7/h1-6H,(H,11,12,13). The molecule has 2 heterocycles. The van der Waals surface area contributed by atoms with Gasteiger partial charge in [0.15, 0.2) is 0 Å². The molecule has 0 unspecified atom stereocenters. The van der Waals surface area contributed by atoms with Gasteiger partial charge in [0.2, 0.25) is 0 Å². The van der Waals surface area contributed by atoms with Gasteiger partial charge in [-0.05, 0) is 18.2 Å². The highest BCUT2D eigenvalue weighted by molar-refractivity contribution is 5.57. The van der Waals surface area contributed by atoms with E-state index in [9.17, 15) is 0 Å². The first-order valence-electron chi connectivity index (χ1n) is 3.79. The third-order valence-corrected chi connectivity index (χ3v) is 1.60. The molecule has 4 heteroatoms. The fourth-order valence-electron chi connectivity index (χ4n) is 1.02. The Labute approximate surface area is 74.9 Å². The first-order valence-corrected chi connectivity index (χ1v) is 3.79. The van der Waals surface area contributed by atoms with Gasteiger partial charge in [-0.3, -0.25) is 4.98 Å². The molecule has 0 bridgehead atoms. The summed E-state index contributed by atoms with van der Waals surface area (Å²) in [5.41, 5.74) is 1.53. The normalized spacial score (nSPS) is 9.85. The van der Waals surface area contributed by atoms with Gasteiger partial charge in [-0.15, -0.1) is 0 Å². The molecule has 1 N–H and O–H groups in total. The van der Waals surface area contributed by atoms with Crippen LogP contribution in [0.1, 0.15) is 0 Å². The molecule has 0 spiro atoms. The molecule has 0 radical (unpaired) electrons. The Balaban J connectivity index is 2.48. The molecule has 0 aliphatic heterocycles. The van der Waals surface area contributed by atoms with Gasteiger partial charge in [0.1, 0.15) is 0 Å². The summed E-state index contributed by atoms with van der Waals surface area (Å²) in [5, 5.41) is 9.03. The Kier molecular flexibility index (Phi) is 1.88. The number of pyridine rings is 1. The van der Waals surface area contributed by atoms with E-state index in [1.54, 1.807) is 18.5 Å². The number of aromatic nitrogens is 3. The Morgan fingerprint density at radius 1 is 1.15 bits per heavy atom. The molecule has 64 valence electrons. The van der Waals surface area contributed by atoms with Gasteiger partial charge >= 0.3 is 6.01 Å². The van der Waals surface area contributed by atoms with Crippen LogP contribution in [0.5, 0.6) is 6.01 Å². The van der Waals surface area contributed by atoms with Gasteiger partial charge in [0.25, 0.3) is 0 Å². The Morgan fingerprint density at radius 2 is 2.08 bits per heavy atom. The van der Waals surface area contributed by atoms with Crippen molar-refractivity contribution in [2.75, 3.05) is 0 Å². The first kappa shape index (κ1) is 7.67. The van der Waals surface area contributed by atoms with Crippen LogP contribution in [0.25, 0.3) is 11.3 Å². The van der Waals surface area contributed by atoms with Gasteiger partial charge in [0.05, 0.1) is 5.69 Å². The van der Waals surface area contributed by atoms with E-state index in [1.165, 1.54) is 6.20 Å². The van der Waals surface area contributed by atoms with Crippen LogP contribution in [0.3, 0.4) is 0 Å². The van der Waals surface area contributed by atoms with Crippen LogP contribution in [-0.4, -0.2) is 20.1 Å². The maximum atomic E-state index is 9.03. The van der Waals surface area contributed by atoms with Gasteiger partial charge < -0.3 is 5.11 Å². The van der Waals surface area contributed by atoms with Crippen molar-refractivity contribution in [1.29, 1.82) is 0 Å². The molecule has 2 rings (SSSR count). The van der Waals surface area contributed by atoms with Crippen molar-refractivity contribution in [1.82, 2.24) is 15.0 Å². The largest absolute Gasteiger partial charge is 0.479 e. The summed E-state index contributed by atoms with van der Waals surface area (Å²) in [5.74, 6) is 0. The minimum atomic E-state index is -0.221. The number of aromatic hydroxyl groups is 1. The van der Waals surface area contributed by atoms with E-state index in [0.29, 0.717) is 5.69 Å². The molecule has 2 aromatic heterocycles. The molecule has 0 saturated heterocycles. The van der Waals surface area contributed by atoms with Crippen LogP contribution in [-0.2, 0) is 0 Å². The summed E-state index contributed by atoms with van der Waals surface area (Å²) in [6.07, 6.45) is 4.87. The average Bonchev–Trinajstić information content (AvgIpc) is 2.19. The quantitative estimate of drug-likeness (QED) is 0.704. The summed E-state index contributed by atoms with van der Waals surface area (Å²) in [4.78, 5) is 11.4. The predicted octanol–water partition coefficient (Wildman–Crippen LogP) is 1.24. The lowest BCUT2D eigenvalue weighted by Gasteiger charge is -1.98. The van der Waals surface area contributed by atoms with E-state index in [2.05, 4.69) is 15.0 Å². The summed E-state index contributed by atoms with van der Waals surface area (Å²) in [6, 6.07) is 5.18. The van der Waals surface area contributed by atoms with E-state index in [4.69, 9.17) is 5.11 Å². The lowest BCUT2D eigenvalue weighted by atomic mass is 10.2. The van der Waals surface area contributed by atoms with Crippen LogP contribution in [0.2, 0.25) is 0 Å². The zero-order valence-electron chi connectivity index (χ0n) is 6.75. The summed E-state index contributed by atoms with van der Waals surface area (Å²) in [6.45, 7) is 0. The molecular weight excluding hydrogens is 166 g/mol. The van der Waals surface area contributed by atoms with Crippen LogP contribution in [0.4, 0.5) is 0 Å². The Hall–Kier alpha value is -1.97. The topological polar surface area (TPSA) is 58.9 Å². The van der Waals surface area contributed by atoms with Crippen molar-refractivity contribution >= 4 is 0 Å². The third kappa shape index (κ3) is 1.61. The molecule has 13 heavy (non-hydrogen) atoms. The fraction of sp³-hybridized carbons (Fsp3) is 0. The van der Waals surface area contributed by atoms with Gasteiger partial charge in [-0.1, -0.05) is 0 Å². The third-order valence-electron chi connectivity index (χ3n) is 1.60. The second-order valence-electron chi connectivity index (χ2n) is 2.48. The number of hydrogen-bond acceptors (Lipinski definition) is 4. The van der Waals surface area contributed by atoms with Gasteiger partial charge in [-0.25, -0.2) is 4.98 Å². The van der Waals surface area contributed by atoms with Gasteiger partial charge in [0, 0.05) is 24.2 Å². The monoisotopic (exact) mass is 173 g/mol. The Bertz CT molecular complexity index is 403. The highest BCUT2D eigenvalue weighted by Gasteiger charge is 1.99. The van der Waals surface area contributed by atoms with Crippen LogP contribution < -0.4 is 0 Å². The molecule has 0 amide bonds. The van der Waals surface area contributed by atoms with Crippen LogP contribution >= 0.6 is 0 Å². The zero-order valence-corrected chi connectivity index (χ0v) is 6.75. The van der Waals surface area contributed by atoms with Crippen molar-refractivity contribution in [3.05, 3.63) is 36.8 Å². The summed E-state index contributed by atoms with van der Waals surface area (Å²) >= 11 is 0. The second-order valence-corrected chi connectivity index (χ2v) is 2.48. The molecule has 2 aromatic rings.